The third-order valence-electron chi connectivity index (χ3n) is 5.70. The Bertz CT molecular complexity index is 980. The van der Waals surface area contributed by atoms with Gasteiger partial charge < -0.3 is 48.3 Å². The number of carbonyl (C=O) groups excluding carboxylic acids is 3. The van der Waals surface area contributed by atoms with E-state index < -0.39 is 66.2 Å². The van der Waals surface area contributed by atoms with Crippen molar-refractivity contribution in [2.45, 2.75) is 70.1 Å². The van der Waals surface area contributed by atoms with Gasteiger partial charge in [0.1, 0.15) is 18.1 Å². The number of nitrogens with one attached hydrogen (secondary N) is 4. The SMILES string of the molecule is CCC(C)C(NC(=O)C(N)CCCN=C(N)N)C(=O)NC(CC(=O)O)C(=O)NC(Cc1cnc[nH]1)C(=O)O. The number of aliphatic imine (C=N–C) groups is 1. The number of aromatic amines is 1. The Hall–Kier alpha value is -4.21. The fraction of sp³-hybridized carbons (Fsp3) is 0.591. The first-order chi connectivity index (χ1) is 17.8. The van der Waals surface area contributed by atoms with Crippen molar-refractivity contribution in [3.05, 3.63) is 18.2 Å². The average molecular weight is 540 g/mol. The van der Waals surface area contributed by atoms with Crippen LogP contribution < -0.4 is 33.2 Å². The van der Waals surface area contributed by atoms with Crippen LogP contribution in [0.25, 0.3) is 0 Å². The molecule has 0 aliphatic heterocycles. The molecule has 16 heteroatoms. The minimum atomic E-state index is -1.61. The number of hydrogen-bond donors (Lipinski definition) is 9. The molecule has 12 N–H and O–H groups in total. The highest BCUT2D eigenvalue weighted by atomic mass is 16.4. The van der Waals surface area contributed by atoms with Gasteiger partial charge in [-0.05, 0) is 18.8 Å². The first-order valence-electron chi connectivity index (χ1n) is 12.0. The zero-order valence-corrected chi connectivity index (χ0v) is 21.3. The Balaban J connectivity index is 2.94. The maximum atomic E-state index is 13.1. The summed E-state index contributed by atoms with van der Waals surface area (Å²) in [6, 6.07) is -5.14. The zero-order valence-electron chi connectivity index (χ0n) is 21.3. The summed E-state index contributed by atoms with van der Waals surface area (Å²) in [6.45, 7) is 3.73. The van der Waals surface area contributed by atoms with E-state index in [1.54, 1.807) is 13.8 Å². The van der Waals surface area contributed by atoms with Gasteiger partial charge in [0, 0.05) is 24.9 Å². The lowest BCUT2D eigenvalue weighted by Crippen LogP contribution is -2.59. The second-order valence-corrected chi connectivity index (χ2v) is 8.77. The van der Waals surface area contributed by atoms with Crippen molar-refractivity contribution >= 4 is 35.6 Å². The molecule has 0 saturated carbocycles. The lowest BCUT2D eigenvalue weighted by molar-refractivity contribution is -0.143. The Kier molecular flexibility index (Phi) is 13.2. The van der Waals surface area contributed by atoms with Crippen molar-refractivity contribution in [3.8, 4) is 0 Å². The molecule has 0 aliphatic carbocycles. The fourth-order valence-corrected chi connectivity index (χ4v) is 3.35. The minimum absolute atomic E-state index is 0.0903. The summed E-state index contributed by atoms with van der Waals surface area (Å²) < 4.78 is 0. The van der Waals surface area contributed by atoms with Gasteiger partial charge in [-0.15, -0.1) is 0 Å². The fourth-order valence-electron chi connectivity index (χ4n) is 3.35. The van der Waals surface area contributed by atoms with Crippen LogP contribution in [0.4, 0.5) is 0 Å². The third kappa shape index (κ3) is 11.2. The van der Waals surface area contributed by atoms with E-state index >= 15 is 0 Å². The average Bonchev–Trinajstić information content (AvgIpc) is 3.36. The van der Waals surface area contributed by atoms with Crippen molar-refractivity contribution in [2.75, 3.05) is 6.54 Å². The minimum Gasteiger partial charge on any atom is -0.481 e. The molecule has 0 spiro atoms. The summed E-state index contributed by atoms with van der Waals surface area (Å²) in [5, 5.41) is 25.9. The summed E-state index contributed by atoms with van der Waals surface area (Å²) in [6.07, 6.45) is 2.84. The largest absolute Gasteiger partial charge is 0.481 e. The van der Waals surface area contributed by atoms with Crippen LogP contribution in [0.5, 0.6) is 0 Å². The van der Waals surface area contributed by atoms with Crippen molar-refractivity contribution in [3.63, 3.8) is 0 Å². The summed E-state index contributed by atoms with van der Waals surface area (Å²) in [4.78, 5) is 71.9. The van der Waals surface area contributed by atoms with E-state index in [-0.39, 0.29) is 25.3 Å². The molecule has 212 valence electrons. The molecule has 0 aromatic carbocycles. The standard InChI is InChI=1S/C22H37N9O7/c1-3-11(2)17(31-18(34)13(23)5-4-6-27-22(24)25)20(36)29-14(8-16(32)33)19(35)30-15(21(37)38)7-12-9-26-10-28-12/h9-11,13-15,17H,3-8,23H2,1-2H3,(H,26,28)(H,29,36)(H,30,35)(H,31,34)(H,32,33)(H,37,38)(H4,24,25,27). The Morgan fingerprint density at radius 1 is 1.05 bits per heavy atom. The predicted octanol–water partition coefficient (Wildman–Crippen LogP) is -2.61. The first kappa shape index (κ1) is 31.8. The van der Waals surface area contributed by atoms with E-state index in [0.717, 1.165) is 0 Å². The number of H-pyrrole nitrogens is 1. The number of nitrogens with two attached hydrogens (primary N) is 3. The Morgan fingerprint density at radius 3 is 2.24 bits per heavy atom. The smallest absolute Gasteiger partial charge is 0.326 e. The molecule has 1 aromatic heterocycles. The van der Waals surface area contributed by atoms with E-state index in [1.165, 1.54) is 12.5 Å². The van der Waals surface area contributed by atoms with Gasteiger partial charge in [-0.25, -0.2) is 9.78 Å². The highest BCUT2D eigenvalue weighted by molar-refractivity contribution is 5.95. The van der Waals surface area contributed by atoms with Gasteiger partial charge in [0.2, 0.25) is 17.7 Å². The van der Waals surface area contributed by atoms with E-state index in [4.69, 9.17) is 17.2 Å². The Labute approximate surface area is 219 Å². The zero-order chi connectivity index (χ0) is 28.8. The van der Waals surface area contributed by atoms with Crippen molar-refractivity contribution in [2.24, 2.45) is 28.1 Å². The third-order valence-corrected chi connectivity index (χ3v) is 5.70. The molecule has 5 atom stereocenters. The molecule has 1 aromatic rings. The van der Waals surface area contributed by atoms with Crippen LogP contribution in [0.3, 0.4) is 0 Å². The maximum absolute atomic E-state index is 13.1. The summed E-state index contributed by atoms with van der Waals surface area (Å²) in [5.41, 5.74) is 16.8. The molecule has 0 fully saturated rings. The lowest BCUT2D eigenvalue weighted by Gasteiger charge is -2.27. The van der Waals surface area contributed by atoms with Gasteiger partial charge in [0.15, 0.2) is 5.96 Å². The molecule has 0 radical (unpaired) electrons. The number of amides is 3. The molecule has 16 nitrogen and oxygen atoms in total. The topological polar surface area (TPSA) is 281 Å². The van der Waals surface area contributed by atoms with Gasteiger partial charge >= 0.3 is 11.9 Å². The van der Waals surface area contributed by atoms with Crippen LogP contribution in [0, 0.1) is 5.92 Å². The molecule has 38 heavy (non-hydrogen) atoms. The van der Waals surface area contributed by atoms with Crippen LogP contribution >= 0.6 is 0 Å². The monoisotopic (exact) mass is 539 g/mol. The van der Waals surface area contributed by atoms with Gasteiger partial charge in [-0.3, -0.25) is 24.2 Å². The summed E-state index contributed by atoms with van der Waals surface area (Å²) >= 11 is 0. The molecule has 0 saturated heterocycles. The van der Waals surface area contributed by atoms with Gasteiger partial charge in [-0.2, -0.15) is 0 Å². The number of imidazole rings is 1. The van der Waals surface area contributed by atoms with Crippen LogP contribution in [-0.4, -0.2) is 86.5 Å². The van der Waals surface area contributed by atoms with E-state index in [9.17, 15) is 34.2 Å². The maximum Gasteiger partial charge on any atom is 0.326 e. The number of nitrogens with zero attached hydrogens (tertiary/aromatic N) is 2. The normalized spacial score (nSPS) is 14.7. The van der Waals surface area contributed by atoms with E-state index in [1.807, 2.05) is 0 Å². The van der Waals surface area contributed by atoms with E-state index in [2.05, 4.69) is 30.9 Å². The van der Waals surface area contributed by atoms with Crippen molar-refractivity contribution in [1.82, 2.24) is 25.9 Å². The second-order valence-electron chi connectivity index (χ2n) is 8.77. The number of carboxylic acids is 2. The molecule has 5 unspecified atom stereocenters. The van der Waals surface area contributed by atoms with E-state index in [0.29, 0.717) is 18.5 Å². The van der Waals surface area contributed by atoms with Crippen LogP contribution in [0.15, 0.2) is 17.5 Å². The number of aromatic nitrogens is 2. The highest BCUT2D eigenvalue weighted by Crippen LogP contribution is 2.10. The molecular formula is C22H37N9O7. The molecule has 0 bridgehead atoms. The number of rotatable bonds is 17. The number of aliphatic carboxylic acids is 2. The van der Waals surface area contributed by atoms with Gasteiger partial charge in [0.25, 0.3) is 0 Å². The quantitative estimate of drug-likeness (QED) is 0.0561. The summed E-state index contributed by atoms with van der Waals surface area (Å²) in [5.74, 6) is -5.73. The van der Waals surface area contributed by atoms with Gasteiger partial charge in [0.05, 0.1) is 18.8 Å². The molecule has 0 aliphatic rings. The first-order valence-corrected chi connectivity index (χ1v) is 12.0. The van der Waals surface area contributed by atoms with Crippen LogP contribution in [0.2, 0.25) is 0 Å². The molecular weight excluding hydrogens is 502 g/mol. The van der Waals surface area contributed by atoms with Gasteiger partial charge in [-0.1, -0.05) is 20.3 Å². The number of carboxylic acid groups (broad SMARTS) is 2. The lowest BCUT2D eigenvalue weighted by atomic mass is 9.97. The second kappa shape index (κ2) is 15.8. The number of guanidine groups is 1. The molecule has 1 rings (SSSR count). The summed E-state index contributed by atoms with van der Waals surface area (Å²) in [7, 11) is 0. The predicted molar refractivity (Wildman–Crippen MR) is 135 cm³/mol. The van der Waals surface area contributed by atoms with Crippen LogP contribution in [-0.2, 0) is 30.4 Å². The Morgan fingerprint density at radius 2 is 1.71 bits per heavy atom. The number of carbonyl (C=O) groups is 5. The van der Waals surface area contributed by atoms with Crippen molar-refractivity contribution < 1.29 is 34.2 Å². The molecule has 3 amide bonds. The highest BCUT2D eigenvalue weighted by Gasteiger charge is 2.33. The van der Waals surface area contributed by atoms with Crippen LogP contribution in [0.1, 0.15) is 45.2 Å². The molecule has 1 heterocycles. The number of hydrogen-bond acceptors (Lipinski definition) is 8. The van der Waals surface area contributed by atoms with Crippen molar-refractivity contribution in [1.29, 1.82) is 0 Å².